The number of nitrogens with one attached hydrogen (secondary N) is 1. The van der Waals surface area contributed by atoms with Crippen LogP contribution in [0, 0.1) is 20.8 Å². The first-order chi connectivity index (χ1) is 10.0. The Kier molecular flexibility index (Phi) is 5.44. The average Bonchev–Trinajstić information content (AvgIpc) is 2.46. The summed E-state index contributed by atoms with van der Waals surface area (Å²) in [5.74, 6) is 0. The summed E-state index contributed by atoms with van der Waals surface area (Å²) < 4.78 is 0. The zero-order valence-electron chi connectivity index (χ0n) is 13.3. The minimum atomic E-state index is 0.151. The van der Waals surface area contributed by atoms with E-state index in [1.165, 1.54) is 22.3 Å². The fourth-order valence-electron chi connectivity index (χ4n) is 2.68. The van der Waals surface area contributed by atoms with Gasteiger partial charge in [-0.15, -0.1) is 0 Å². The molecular formula is C19H24ClN. The average molecular weight is 302 g/mol. The monoisotopic (exact) mass is 301 g/mol. The van der Waals surface area contributed by atoms with Crippen LogP contribution in [0.4, 0.5) is 0 Å². The lowest BCUT2D eigenvalue weighted by molar-refractivity contribution is 0.596. The Bertz CT molecular complexity index is 619. The van der Waals surface area contributed by atoms with Crippen molar-refractivity contribution in [2.24, 2.45) is 0 Å². The van der Waals surface area contributed by atoms with Crippen LogP contribution in [-0.2, 0) is 0 Å². The summed E-state index contributed by atoms with van der Waals surface area (Å²) in [5, 5.41) is 4.47. The highest BCUT2D eigenvalue weighted by Gasteiger charge is 2.18. The molecule has 21 heavy (non-hydrogen) atoms. The van der Waals surface area contributed by atoms with E-state index < -0.39 is 0 Å². The Morgan fingerprint density at radius 3 is 2.29 bits per heavy atom. The van der Waals surface area contributed by atoms with Gasteiger partial charge in [-0.3, -0.25) is 0 Å². The van der Waals surface area contributed by atoms with Crippen LogP contribution in [0.5, 0.6) is 0 Å². The van der Waals surface area contributed by atoms with E-state index in [0.717, 1.165) is 23.6 Å². The molecule has 0 amide bonds. The van der Waals surface area contributed by atoms with Crippen LogP contribution < -0.4 is 5.32 Å². The van der Waals surface area contributed by atoms with Crippen molar-refractivity contribution in [2.75, 3.05) is 6.54 Å². The van der Waals surface area contributed by atoms with Crippen molar-refractivity contribution < 1.29 is 0 Å². The molecule has 0 heterocycles. The van der Waals surface area contributed by atoms with Gasteiger partial charge in [-0.25, -0.2) is 0 Å². The molecule has 2 aromatic carbocycles. The van der Waals surface area contributed by atoms with Crippen LogP contribution in [0.2, 0.25) is 5.02 Å². The predicted molar refractivity (Wildman–Crippen MR) is 92.2 cm³/mol. The van der Waals surface area contributed by atoms with E-state index in [-0.39, 0.29) is 6.04 Å². The van der Waals surface area contributed by atoms with Crippen molar-refractivity contribution >= 4 is 11.6 Å². The second-order valence-corrected chi connectivity index (χ2v) is 6.11. The summed E-state index contributed by atoms with van der Waals surface area (Å²) in [5.41, 5.74) is 6.45. The van der Waals surface area contributed by atoms with Crippen molar-refractivity contribution in [3.8, 4) is 0 Å². The Hall–Kier alpha value is -1.31. The fourth-order valence-corrected chi connectivity index (χ4v) is 2.92. The van der Waals surface area contributed by atoms with E-state index in [1.807, 2.05) is 12.1 Å². The first-order valence-electron chi connectivity index (χ1n) is 7.60. The summed E-state index contributed by atoms with van der Waals surface area (Å²) in [6, 6.07) is 12.8. The zero-order valence-corrected chi connectivity index (χ0v) is 14.1. The Morgan fingerprint density at radius 1 is 0.952 bits per heavy atom. The molecule has 0 saturated heterocycles. The van der Waals surface area contributed by atoms with Crippen LogP contribution >= 0.6 is 11.6 Å². The van der Waals surface area contributed by atoms with Crippen molar-refractivity contribution in [3.05, 3.63) is 69.2 Å². The van der Waals surface area contributed by atoms with E-state index in [1.54, 1.807) is 0 Å². The third-order valence-corrected chi connectivity index (χ3v) is 4.35. The number of benzene rings is 2. The van der Waals surface area contributed by atoms with Gasteiger partial charge in [0.15, 0.2) is 0 Å². The third-order valence-electron chi connectivity index (χ3n) is 4.01. The van der Waals surface area contributed by atoms with Crippen LogP contribution in [-0.4, -0.2) is 6.54 Å². The lowest BCUT2D eigenvalue weighted by Crippen LogP contribution is -2.24. The molecule has 2 rings (SSSR count). The number of hydrogen-bond acceptors (Lipinski definition) is 1. The molecule has 1 N–H and O–H groups in total. The van der Waals surface area contributed by atoms with Gasteiger partial charge in [-0.1, -0.05) is 48.9 Å². The molecule has 112 valence electrons. The normalized spacial score (nSPS) is 12.4. The van der Waals surface area contributed by atoms with Gasteiger partial charge in [0.1, 0.15) is 0 Å². The first kappa shape index (κ1) is 16.1. The summed E-state index contributed by atoms with van der Waals surface area (Å²) >= 11 is 6.43. The minimum Gasteiger partial charge on any atom is -0.306 e. The van der Waals surface area contributed by atoms with Gasteiger partial charge in [-0.2, -0.15) is 0 Å². The van der Waals surface area contributed by atoms with E-state index in [2.05, 4.69) is 57.3 Å². The lowest BCUT2D eigenvalue weighted by atomic mass is 9.91. The van der Waals surface area contributed by atoms with E-state index >= 15 is 0 Å². The molecule has 0 aromatic heterocycles. The smallest absolute Gasteiger partial charge is 0.0594 e. The van der Waals surface area contributed by atoms with E-state index in [9.17, 15) is 0 Å². The molecule has 1 unspecified atom stereocenters. The number of aryl methyl sites for hydroxylation is 3. The summed E-state index contributed by atoms with van der Waals surface area (Å²) in [7, 11) is 0. The van der Waals surface area contributed by atoms with Crippen molar-refractivity contribution in [2.45, 2.75) is 40.2 Å². The molecule has 0 bridgehead atoms. The van der Waals surface area contributed by atoms with Crippen molar-refractivity contribution in [1.82, 2.24) is 5.32 Å². The maximum Gasteiger partial charge on any atom is 0.0594 e. The quantitative estimate of drug-likeness (QED) is 0.784. The number of halogens is 1. The standard InChI is InChI=1S/C19H24ClN/c1-5-10-21-19(16-8-6-7-9-18(16)20)17-12-14(3)13(2)11-15(17)4/h6-9,11-12,19,21H,5,10H2,1-4H3. The number of rotatable bonds is 5. The topological polar surface area (TPSA) is 12.0 Å². The fraction of sp³-hybridized carbons (Fsp3) is 0.368. The molecule has 0 saturated carbocycles. The molecule has 2 heteroatoms. The first-order valence-corrected chi connectivity index (χ1v) is 7.98. The molecule has 0 fully saturated rings. The molecule has 2 aromatic rings. The number of hydrogen-bond donors (Lipinski definition) is 1. The summed E-state index contributed by atoms with van der Waals surface area (Å²) in [4.78, 5) is 0. The maximum atomic E-state index is 6.43. The van der Waals surface area contributed by atoms with Crippen LogP contribution in [0.15, 0.2) is 36.4 Å². The molecule has 0 aliphatic rings. The van der Waals surface area contributed by atoms with Crippen molar-refractivity contribution in [1.29, 1.82) is 0 Å². The zero-order chi connectivity index (χ0) is 15.4. The molecule has 0 radical (unpaired) electrons. The lowest BCUT2D eigenvalue weighted by Gasteiger charge is -2.23. The molecule has 0 aliphatic heterocycles. The Labute approximate surface area is 133 Å². The maximum absolute atomic E-state index is 6.43. The summed E-state index contributed by atoms with van der Waals surface area (Å²) in [6.45, 7) is 9.67. The Morgan fingerprint density at radius 2 is 1.62 bits per heavy atom. The predicted octanol–water partition coefficient (Wildman–Crippen LogP) is 5.35. The van der Waals surface area contributed by atoms with E-state index in [4.69, 9.17) is 11.6 Å². The van der Waals surface area contributed by atoms with Gasteiger partial charge >= 0.3 is 0 Å². The van der Waals surface area contributed by atoms with Gasteiger partial charge in [0.05, 0.1) is 6.04 Å². The van der Waals surface area contributed by atoms with Crippen LogP contribution in [0.25, 0.3) is 0 Å². The second-order valence-electron chi connectivity index (χ2n) is 5.70. The van der Waals surface area contributed by atoms with E-state index in [0.29, 0.717) is 0 Å². The molecule has 0 aliphatic carbocycles. The highest BCUT2D eigenvalue weighted by molar-refractivity contribution is 6.31. The summed E-state index contributed by atoms with van der Waals surface area (Å²) in [6.07, 6.45) is 1.10. The van der Waals surface area contributed by atoms with Gasteiger partial charge < -0.3 is 5.32 Å². The largest absolute Gasteiger partial charge is 0.306 e. The van der Waals surface area contributed by atoms with Gasteiger partial charge in [0.2, 0.25) is 0 Å². The minimum absolute atomic E-state index is 0.151. The molecule has 0 spiro atoms. The van der Waals surface area contributed by atoms with Crippen LogP contribution in [0.1, 0.15) is 47.2 Å². The van der Waals surface area contributed by atoms with Gasteiger partial charge in [-0.05, 0) is 67.6 Å². The molecular weight excluding hydrogens is 278 g/mol. The molecule has 1 atom stereocenters. The highest BCUT2D eigenvalue weighted by Crippen LogP contribution is 2.31. The second kappa shape index (κ2) is 7.11. The van der Waals surface area contributed by atoms with Crippen LogP contribution in [0.3, 0.4) is 0 Å². The van der Waals surface area contributed by atoms with Gasteiger partial charge in [0, 0.05) is 5.02 Å². The highest BCUT2D eigenvalue weighted by atomic mass is 35.5. The Balaban J connectivity index is 2.51. The van der Waals surface area contributed by atoms with Crippen molar-refractivity contribution in [3.63, 3.8) is 0 Å². The third kappa shape index (κ3) is 3.66. The molecule has 1 nitrogen and oxygen atoms in total. The SMILES string of the molecule is CCCNC(c1cc(C)c(C)cc1C)c1ccccc1Cl. The van der Waals surface area contributed by atoms with Gasteiger partial charge in [0.25, 0.3) is 0 Å².